The van der Waals surface area contributed by atoms with Crippen molar-refractivity contribution in [3.8, 4) is 0 Å². The summed E-state index contributed by atoms with van der Waals surface area (Å²) < 4.78 is 16.0. The molecule has 0 radical (unpaired) electrons. The summed E-state index contributed by atoms with van der Waals surface area (Å²) in [5.41, 5.74) is 0. The molecular formula is C8H11FOSi. The maximum Gasteiger partial charge on any atom is 0.270 e. The van der Waals surface area contributed by atoms with Crippen LogP contribution in [-0.4, -0.2) is 8.32 Å². The lowest BCUT2D eigenvalue weighted by Crippen LogP contribution is -2.42. The topological polar surface area (TPSA) is 9.23 Å². The molecule has 3 heteroatoms. The fourth-order valence-corrected chi connectivity index (χ4v) is 1.97. The second-order valence-corrected chi connectivity index (χ2v) is 6.71. The van der Waals surface area contributed by atoms with Crippen molar-refractivity contribution in [1.29, 1.82) is 0 Å². The zero-order valence-corrected chi connectivity index (χ0v) is 7.67. The molecule has 1 rings (SSSR count). The summed E-state index contributed by atoms with van der Waals surface area (Å²) in [6.45, 7) is 3.64. The highest BCUT2D eigenvalue weighted by Gasteiger charge is 2.26. The van der Waals surface area contributed by atoms with Crippen LogP contribution in [0.3, 0.4) is 0 Å². The Kier molecular flexibility index (Phi) is 2.41. The van der Waals surface area contributed by atoms with Crippen molar-refractivity contribution < 1.29 is 9.16 Å². The van der Waals surface area contributed by atoms with Gasteiger partial charge in [0.2, 0.25) is 0 Å². The molecule has 0 heterocycles. The number of rotatable bonds is 2. The number of hydrogen-bond acceptors (Lipinski definition) is 1. The molecule has 0 aliphatic rings. The van der Waals surface area contributed by atoms with Crippen LogP contribution in [0, 0.1) is 0 Å². The van der Waals surface area contributed by atoms with Crippen molar-refractivity contribution in [1.82, 2.24) is 0 Å². The average molecular weight is 170 g/mol. The Morgan fingerprint density at radius 2 is 1.73 bits per heavy atom. The van der Waals surface area contributed by atoms with Crippen LogP contribution in [0.1, 0.15) is 0 Å². The monoisotopic (exact) mass is 170 g/mol. The Morgan fingerprint density at radius 1 is 1.18 bits per heavy atom. The largest absolute Gasteiger partial charge is 0.270 e. The third kappa shape index (κ3) is 1.88. The van der Waals surface area contributed by atoms with Gasteiger partial charge in [0.1, 0.15) is 0 Å². The van der Waals surface area contributed by atoms with Gasteiger partial charge in [-0.3, -0.25) is 0 Å². The highest BCUT2D eigenvalue weighted by atomic mass is 28.4. The molecule has 0 spiro atoms. The van der Waals surface area contributed by atoms with Crippen molar-refractivity contribution in [3.63, 3.8) is 0 Å². The van der Waals surface area contributed by atoms with Crippen molar-refractivity contribution in [2.24, 2.45) is 0 Å². The van der Waals surface area contributed by atoms with E-state index in [2.05, 4.69) is 4.63 Å². The lowest BCUT2D eigenvalue weighted by Gasteiger charge is -2.15. The van der Waals surface area contributed by atoms with Gasteiger partial charge in [0, 0.05) is 0 Å². The Bertz CT molecular complexity index is 223. The number of halogens is 1. The van der Waals surface area contributed by atoms with Crippen LogP contribution in [0.25, 0.3) is 0 Å². The van der Waals surface area contributed by atoms with E-state index in [9.17, 15) is 4.53 Å². The molecule has 0 fully saturated rings. The molecule has 0 saturated carbocycles. The molecule has 0 saturated heterocycles. The van der Waals surface area contributed by atoms with Gasteiger partial charge in [-0.2, -0.15) is 0 Å². The van der Waals surface area contributed by atoms with Gasteiger partial charge in [-0.05, 0) is 18.3 Å². The molecule has 0 atom stereocenters. The standard InChI is InChI=1S/C8H11FOSi/c1-11(2,10-9)8-6-4-3-5-7-8/h3-7H,1-2H3. The first kappa shape index (κ1) is 8.42. The summed E-state index contributed by atoms with van der Waals surface area (Å²) in [4.78, 5) is 0. The first-order valence-electron chi connectivity index (χ1n) is 3.52. The molecule has 1 aromatic rings. The normalized spacial score (nSPS) is 11.5. The van der Waals surface area contributed by atoms with Crippen LogP contribution in [-0.2, 0) is 4.63 Å². The van der Waals surface area contributed by atoms with Gasteiger partial charge in [-0.1, -0.05) is 34.9 Å². The smallest absolute Gasteiger partial charge is 0.240 e. The summed E-state index contributed by atoms with van der Waals surface area (Å²) in [6, 6.07) is 9.48. The Hall–Kier alpha value is -0.673. The van der Waals surface area contributed by atoms with E-state index in [0.717, 1.165) is 5.19 Å². The fraction of sp³-hybridized carbons (Fsp3) is 0.250. The van der Waals surface area contributed by atoms with Crippen molar-refractivity contribution in [2.75, 3.05) is 0 Å². The summed E-state index contributed by atoms with van der Waals surface area (Å²) >= 11 is 0. The van der Waals surface area contributed by atoms with Crippen LogP contribution in [0.4, 0.5) is 4.53 Å². The Morgan fingerprint density at radius 3 is 2.18 bits per heavy atom. The van der Waals surface area contributed by atoms with Crippen LogP contribution < -0.4 is 5.19 Å². The molecule has 0 unspecified atom stereocenters. The van der Waals surface area contributed by atoms with Gasteiger partial charge >= 0.3 is 0 Å². The summed E-state index contributed by atoms with van der Waals surface area (Å²) in [7, 11) is -2.22. The zero-order valence-electron chi connectivity index (χ0n) is 6.67. The third-order valence-corrected chi connectivity index (χ3v) is 3.77. The molecule has 60 valence electrons. The molecule has 0 amide bonds. The van der Waals surface area contributed by atoms with Crippen molar-refractivity contribution in [3.05, 3.63) is 30.3 Å². The van der Waals surface area contributed by atoms with Crippen LogP contribution in [0.15, 0.2) is 30.3 Å². The van der Waals surface area contributed by atoms with Crippen molar-refractivity contribution >= 4 is 13.5 Å². The second kappa shape index (κ2) is 3.15. The maximum absolute atomic E-state index is 12.0. The molecule has 0 N–H and O–H groups in total. The quantitative estimate of drug-likeness (QED) is 0.617. The molecule has 11 heavy (non-hydrogen) atoms. The predicted octanol–water partition coefficient (Wildman–Crippen LogP) is 2.00. The number of benzene rings is 1. The first-order valence-corrected chi connectivity index (χ1v) is 6.43. The minimum atomic E-state index is -2.22. The Labute approximate surface area is 66.8 Å². The van der Waals surface area contributed by atoms with Crippen LogP contribution in [0.5, 0.6) is 0 Å². The summed E-state index contributed by atoms with van der Waals surface area (Å²) in [5.74, 6) is 0. The Balaban J connectivity index is 2.93. The molecule has 0 bridgehead atoms. The molecule has 0 aliphatic heterocycles. The van der Waals surface area contributed by atoms with Gasteiger partial charge in [0.05, 0.1) is 0 Å². The zero-order chi connectivity index (χ0) is 8.32. The minimum absolute atomic E-state index is 0.975. The van der Waals surface area contributed by atoms with Gasteiger partial charge < -0.3 is 0 Å². The van der Waals surface area contributed by atoms with Gasteiger partial charge in [-0.15, -0.1) is 0 Å². The van der Waals surface area contributed by atoms with E-state index in [0.29, 0.717) is 0 Å². The van der Waals surface area contributed by atoms with E-state index < -0.39 is 8.32 Å². The lowest BCUT2D eigenvalue weighted by molar-refractivity contribution is -0.0152. The molecule has 0 aliphatic carbocycles. The van der Waals surface area contributed by atoms with Gasteiger partial charge in [-0.25, -0.2) is 4.63 Å². The van der Waals surface area contributed by atoms with Crippen LogP contribution in [0.2, 0.25) is 13.1 Å². The van der Waals surface area contributed by atoms with Crippen LogP contribution >= 0.6 is 0 Å². The average Bonchev–Trinajstić information content (AvgIpc) is 2.06. The SMILES string of the molecule is C[Si](C)(OF)c1ccccc1. The van der Waals surface area contributed by atoms with Gasteiger partial charge in [0.15, 0.2) is 0 Å². The lowest BCUT2D eigenvalue weighted by atomic mass is 10.4. The molecule has 1 nitrogen and oxygen atoms in total. The summed E-state index contributed by atoms with van der Waals surface area (Å²) in [5, 5.41) is 0.975. The third-order valence-electron chi connectivity index (χ3n) is 1.66. The second-order valence-electron chi connectivity index (χ2n) is 2.95. The van der Waals surface area contributed by atoms with Gasteiger partial charge in [0.25, 0.3) is 8.32 Å². The van der Waals surface area contributed by atoms with E-state index in [1.54, 1.807) is 0 Å². The highest BCUT2D eigenvalue weighted by Crippen LogP contribution is 2.04. The minimum Gasteiger partial charge on any atom is -0.240 e. The highest BCUT2D eigenvalue weighted by molar-refractivity contribution is 6.84. The predicted molar refractivity (Wildman–Crippen MR) is 45.8 cm³/mol. The molecular weight excluding hydrogens is 159 g/mol. The fourth-order valence-electron chi connectivity index (χ4n) is 0.884. The van der Waals surface area contributed by atoms with E-state index in [1.807, 2.05) is 43.4 Å². The van der Waals surface area contributed by atoms with E-state index >= 15 is 0 Å². The van der Waals surface area contributed by atoms with E-state index in [-0.39, 0.29) is 0 Å². The van der Waals surface area contributed by atoms with E-state index in [1.165, 1.54) is 0 Å². The van der Waals surface area contributed by atoms with E-state index in [4.69, 9.17) is 0 Å². The number of hydrogen-bond donors (Lipinski definition) is 0. The maximum atomic E-state index is 12.0. The summed E-state index contributed by atoms with van der Waals surface area (Å²) in [6.07, 6.45) is 0. The van der Waals surface area contributed by atoms with Crippen molar-refractivity contribution in [2.45, 2.75) is 13.1 Å². The first-order chi connectivity index (χ1) is 5.17. The molecule has 1 aromatic carbocycles. The molecule has 0 aromatic heterocycles.